The number of aliphatic hydroxyl groups is 1. The first-order valence-electron chi connectivity index (χ1n) is 16.2. The van der Waals surface area contributed by atoms with Crippen molar-refractivity contribution in [1.29, 1.82) is 0 Å². The van der Waals surface area contributed by atoms with Crippen LogP contribution in [0, 0.1) is 6.07 Å². The van der Waals surface area contributed by atoms with Gasteiger partial charge >= 0.3 is 0 Å². The first-order chi connectivity index (χ1) is 21.6. The number of nitrogens with zero attached hydrogens (tertiary/aromatic N) is 1. The van der Waals surface area contributed by atoms with E-state index in [1.54, 1.807) is 5.56 Å². The van der Waals surface area contributed by atoms with Gasteiger partial charge in [-0.2, -0.15) is 0 Å². The fourth-order valence-corrected chi connectivity index (χ4v) is 8.72. The number of hydrogen-bond acceptors (Lipinski definition) is 4. The maximum Gasteiger partial charge on any atom is 0.155 e. The molecule has 0 spiro atoms. The molecule has 4 aromatic carbocycles. The van der Waals surface area contributed by atoms with Gasteiger partial charge in [-0.25, -0.2) is 0 Å². The van der Waals surface area contributed by atoms with Gasteiger partial charge in [0, 0.05) is 58.2 Å². The molecule has 0 bridgehead atoms. The molecule has 0 saturated carbocycles. The molecule has 2 heterocycles. The second kappa shape index (κ2) is 12.6. The number of pyridine rings is 1. The maximum atomic E-state index is 10.0. The van der Waals surface area contributed by atoms with Gasteiger partial charge in [-0.1, -0.05) is 102 Å². The van der Waals surface area contributed by atoms with Crippen molar-refractivity contribution in [1.82, 2.24) is 4.98 Å². The van der Waals surface area contributed by atoms with E-state index in [1.807, 2.05) is 17.5 Å². The average Bonchev–Trinajstić information content (AvgIpc) is 3.37. The zero-order valence-corrected chi connectivity index (χ0v) is 32.1. The first kappa shape index (κ1) is 34.9. The minimum absolute atomic E-state index is 0. The largest absolute Gasteiger partial charge is 0.512 e. The number of aromatic nitrogens is 1. The number of hydrogen-bond donors (Lipinski definition) is 1. The molecule has 2 aromatic heterocycles. The van der Waals surface area contributed by atoms with E-state index in [-0.39, 0.29) is 47.9 Å². The molecule has 47 heavy (non-hydrogen) atoms. The van der Waals surface area contributed by atoms with E-state index in [4.69, 9.17) is 10.1 Å². The van der Waals surface area contributed by atoms with Crippen molar-refractivity contribution in [3.63, 3.8) is 0 Å². The van der Waals surface area contributed by atoms with Gasteiger partial charge in [-0.3, -0.25) is 9.78 Å². The van der Waals surface area contributed by atoms with Crippen molar-refractivity contribution in [2.75, 3.05) is 0 Å². The summed E-state index contributed by atoms with van der Waals surface area (Å²) in [6, 6.07) is 26.3. The number of carbonyl (C=O) groups excluding carboxylic acids is 1. The van der Waals surface area contributed by atoms with Crippen LogP contribution in [-0.4, -0.2) is 15.9 Å². The number of benzene rings is 4. The van der Waals surface area contributed by atoms with Crippen molar-refractivity contribution in [3.8, 4) is 11.3 Å². The zero-order valence-electron chi connectivity index (χ0n) is 28.9. The second-order valence-electron chi connectivity index (χ2n) is 15.2. The Bertz CT molecular complexity index is 2190. The Balaban J connectivity index is 0.000000491. The van der Waals surface area contributed by atoms with E-state index >= 15 is 0 Å². The van der Waals surface area contributed by atoms with E-state index in [0.29, 0.717) is 0 Å². The summed E-state index contributed by atoms with van der Waals surface area (Å²) >= 11 is 1.98. The van der Waals surface area contributed by atoms with Crippen LogP contribution in [-0.2, 0) is 41.1 Å². The van der Waals surface area contributed by atoms with Crippen molar-refractivity contribution in [3.05, 3.63) is 101 Å². The molecular weight excluding hydrogens is 775 g/mol. The molecule has 245 valence electrons. The Kier molecular flexibility index (Phi) is 9.36. The zero-order chi connectivity index (χ0) is 33.2. The molecule has 0 aliphatic heterocycles. The molecule has 3 nitrogen and oxygen atoms in total. The molecule has 1 aliphatic carbocycles. The molecule has 0 amide bonds. The summed E-state index contributed by atoms with van der Waals surface area (Å²) in [4.78, 5) is 15.0. The number of rotatable bonds is 2. The van der Waals surface area contributed by atoms with Gasteiger partial charge in [0.15, 0.2) is 5.78 Å². The molecule has 5 heteroatoms. The topological polar surface area (TPSA) is 50.2 Å². The van der Waals surface area contributed by atoms with Crippen molar-refractivity contribution < 1.29 is 30.0 Å². The Morgan fingerprint density at radius 1 is 0.851 bits per heavy atom. The van der Waals surface area contributed by atoms with Gasteiger partial charge in [0.25, 0.3) is 0 Å². The number of carbonyl (C=O) groups is 1. The quantitative estimate of drug-likeness (QED) is 0.108. The number of ketones is 1. The van der Waals surface area contributed by atoms with E-state index in [2.05, 4.69) is 115 Å². The first-order valence-corrected chi connectivity index (χ1v) is 17.0. The summed E-state index contributed by atoms with van der Waals surface area (Å²) in [5.74, 6) is -0.0625. The number of aliphatic hydroxyl groups excluding tert-OH is 1. The summed E-state index contributed by atoms with van der Waals surface area (Å²) in [6.45, 7) is 19.4. The van der Waals surface area contributed by atoms with Gasteiger partial charge in [-0.05, 0) is 70.9 Å². The van der Waals surface area contributed by atoms with Crippen LogP contribution in [0.4, 0.5) is 0 Å². The molecule has 0 fully saturated rings. The minimum atomic E-state index is -0.125. The van der Waals surface area contributed by atoms with Crippen molar-refractivity contribution >= 4 is 58.8 Å². The molecule has 6 aromatic rings. The van der Waals surface area contributed by atoms with Crippen LogP contribution < -0.4 is 0 Å². The Hall–Kier alpha value is -3.37. The van der Waals surface area contributed by atoms with Crippen LogP contribution >= 0.6 is 11.3 Å². The van der Waals surface area contributed by atoms with Crippen LogP contribution in [0.25, 0.3) is 53.0 Å². The molecule has 0 saturated heterocycles. The van der Waals surface area contributed by atoms with Crippen LogP contribution in [0.1, 0.15) is 91.8 Å². The van der Waals surface area contributed by atoms with E-state index in [9.17, 15) is 4.79 Å². The molecule has 1 aliphatic rings. The van der Waals surface area contributed by atoms with Gasteiger partial charge in [0.05, 0.1) is 5.76 Å². The second-order valence-corrected chi connectivity index (χ2v) is 16.2. The van der Waals surface area contributed by atoms with Gasteiger partial charge < -0.3 is 5.11 Å². The molecule has 0 unspecified atom stereocenters. The van der Waals surface area contributed by atoms with Crippen LogP contribution in [0.3, 0.4) is 0 Å². The predicted molar refractivity (Wildman–Crippen MR) is 197 cm³/mol. The third kappa shape index (κ3) is 6.43. The van der Waals surface area contributed by atoms with Crippen molar-refractivity contribution in [2.45, 2.75) is 91.4 Å². The number of thiophene rings is 1. The van der Waals surface area contributed by atoms with E-state index in [0.717, 1.165) is 16.6 Å². The monoisotopic (exact) mass is 819 g/mol. The Labute approximate surface area is 296 Å². The molecule has 1 radical (unpaired) electrons. The van der Waals surface area contributed by atoms with E-state index in [1.165, 1.54) is 80.2 Å². The number of allylic oxidation sites excluding steroid dienone is 2. The van der Waals surface area contributed by atoms with Crippen molar-refractivity contribution in [2.24, 2.45) is 0 Å². The third-order valence-electron chi connectivity index (χ3n) is 9.58. The molecule has 1 N–H and O–H groups in total. The smallest absolute Gasteiger partial charge is 0.155 e. The predicted octanol–water partition coefficient (Wildman–Crippen LogP) is 11.9. The summed E-state index contributed by atoms with van der Waals surface area (Å²) in [6.07, 6.45) is 5.62. The van der Waals surface area contributed by atoms with Crippen LogP contribution in [0.2, 0.25) is 0 Å². The summed E-state index contributed by atoms with van der Waals surface area (Å²) in [7, 11) is 0. The standard InChI is InChI=1S/C37H36NS.C5H8O2.Ir/c1-35(2,3)30-21-23(20-22-10-8-9-11-24(22)30)32-25-12-13-26-27-14-15-29-31(37(6,7)18-17-36(29,4)5)34(27)39-33(26)28(25)16-19-38-32;1-4(6)3-5(2)7;/h8-16,19,21H,17-18H2,1-7H3;3,6H,1-2H3;/q-1;;/b;4-3-;. The molecular formula is C42H44IrNO2S-. The fourth-order valence-electron chi connectivity index (χ4n) is 7.16. The Morgan fingerprint density at radius 2 is 1.47 bits per heavy atom. The summed E-state index contributed by atoms with van der Waals surface area (Å²) < 4.78 is 2.84. The SMILES string of the molecule is CC(=O)/C=C(/C)O.CC(C)(C)c1cc(-c2nccc3c2ccc2c4ccc5c(c4sc32)C(C)(C)CCC5(C)C)[c-]c2ccccc12.[Ir]. The summed E-state index contributed by atoms with van der Waals surface area (Å²) in [5, 5.41) is 16.0. The molecule has 0 atom stereocenters. The Morgan fingerprint density at radius 3 is 2.13 bits per heavy atom. The average molecular weight is 819 g/mol. The fraction of sp³-hybridized carbons (Fsp3) is 0.333. The minimum Gasteiger partial charge on any atom is -0.512 e. The van der Waals surface area contributed by atoms with Gasteiger partial charge in [0.2, 0.25) is 0 Å². The normalized spacial score (nSPS) is 15.6. The third-order valence-corrected chi connectivity index (χ3v) is 10.9. The number of fused-ring (bicyclic) bond motifs is 8. The van der Waals surface area contributed by atoms with Crippen LogP contribution in [0.5, 0.6) is 0 Å². The summed E-state index contributed by atoms with van der Waals surface area (Å²) in [5.41, 5.74) is 6.94. The molecule has 7 rings (SSSR count). The van der Waals surface area contributed by atoms with Gasteiger partial charge in [-0.15, -0.1) is 40.5 Å². The maximum absolute atomic E-state index is 10.0. The van der Waals surface area contributed by atoms with Crippen LogP contribution in [0.15, 0.2) is 78.7 Å². The van der Waals surface area contributed by atoms with E-state index < -0.39 is 0 Å². The van der Waals surface area contributed by atoms with Gasteiger partial charge in [0.1, 0.15) is 0 Å².